The first-order valence-electron chi connectivity index (χ1n) is 5.72. The molecule has 0 saturated heterocycles. The van der Waals surface area contributed by atoms with Gasteiger partial charge in [0, 0.05) is 31.1 Å². The van der Waals surface area contributed by atoms with Gasteiger partial charge in [0.05, 0.1) is 11.2 Å². The molecule has 0 unspecified atom stereocenters. The van der Waals surface area contributed by atoms with Crippen LogP contribution in [0, 0.1) is 0 Å². The Labute approximate surface area is 108 Å². The highest BCUT2D eigenvalue weighted by Crippen LogP contribution is 2.25. The van der Waals surface area contributed by atoms with E-state index >= 15 is 0 Å². The summed E-state index contributed by atoms with van der Waals surface area (Å²) >= 11 is 1.66. The van der Waals surface area contributed by atoms with Gasteiger partial charge in [0.15, 0.2) is 0 Å². The predicted octanol–water partition coefficient (Wildman–Crippen LogP) is 2.14. The summed E-state index contributed by atoms with van der Waals surface area (Å²) in [6.45, 7) is 6.58. The van der Waals surface area contributed by atoms with Crippen molar-refractivity contribution in [3.8, 4) is 0 Å². The summed E-state index contributed by atoms with van der Waals surface area (Å²) in [7, 11) is 0. The third-order valence-electron chi connectivity index (χ3n) is 2.83. The summed E-state index contributed by atoms with van der Waals surface area (Å²) in [5.41, 5.74) is 3.05. The number of hydrogen-bond acceptors (Lipinski definition) is 4. The van der Waals surface area contributed by atoms with Crippen LogP contribution in [0.5, 0.6) is 0 Å². The number of likely N-dealkylation sites (N-methyl/N-ethyl adjacent to an activating group) is 1. The molecule has 1 aromatic heterocycles. The third kappa shape index (κ3) is 4.37. The zero-order valence-corrected chi connectivity index (χ0v) is 11.3. The Hall–Kier alpha value is -0.160. The van der Waals surface area contributed by atoms with Crippen molar-refractivity contribution in [3.05, 3.63) is 16.6 Å². The molecule has 92 valence electrons. The zero-order valence-electron chi connectivity index (χ0n) is 9.69. The summed E-state index contributed by atoms with van der Waals surface area (Å²) in [5.74, 6) is 0. The van der Waals surface area contributed by atoms with Gasteiger partial charge in [-0.3, -0.25) is 4.90 Å². The monoisotopic (exact) mass is 261 g/mol. The van der Waals surface area contributed by atoms with E-state index in [9.17, 15) is 0 Å². The number of aromatic nitrogens is 1. The lowest BCUT2D eigenvalue weighted by Gasteiger charge is -2.19. The Morgan fingerprint density at radius 2 is 2.38 bits per heavy atom. The van der Waals surface area contributed by atoms with Gasteiger partial charge in [0.1, 0.15) is 0 Å². The quantitative estimate of drug-likeness (QED) is 0.763. The second-order valence-corrected chi connectivity index (χ2v) is 4.74. The molecule has 1 saturated carbocycles. The molecule has 0 aliphatic heterocycles. The Morgan fingerprint density at radius 3 is 2.94 bits per heavy atom. The maximum absolute atomic E-state index is 4.24. The molecule has 2 rings (SSSR count). The van der Waals surface area contributed by atoms with Crippen molar-refractivity contribution < 1.29 is 0 Å². The molecule has 0 amide bonds. The molecule has 1 aliphatic carbocycles. The highest BCUT2D eigenvalue weighted by atomic mass is 35.5. The number of halogens is 1. The van der Waals surface area contributed by atoms with E-state index in [-0.39, 0.29) is 12.4 Å². The van der Waals surface area contributed by atoms with Gasteiger partial charge >= 0.3 is 0 Å². The molecule has 1 aromatic rings. The summed E-state index contributed by atoms with van der Waals surface area (Å²) in [5, 5.41) is 5.54. The number of rotatable bonds is 7. The van der Waals surface area contributed by atoms with Crippen LogP contribution in [0.15, 0.2) is 10.9 Å². The molecule has 0 radical (unpaired) electrons. The first-order valence-corrected chi connectivity index (χ1v) is 6.66. The van der Waals surface area contributed by atoms with Gasteiger partial charge in [-0.25, -0.2) is 4.98 Å². The van der Waals surface area contributed by atoms with E-state index in [4.69, 9.17) is 0 Å². The van der Waals surface area contributed by atoms with Gasteiger partial charge in [0.2, 0.25) is 0 Å². The summed E-state index contributed by atoms with van der Waals surface area (Å²) in [6, 6.07) is 0.885. The molecule has 1 fully saturated rings. The summed E-state index contributed by atoms with van der Waals surface area (Å²) < 4.78 is 0. The van der Waals surface area contributed by atoms with Gasteiger partial charge in [0.25, 0.3) is 0 Å². The molecular formula is C11H20ClN3S. The number of hydrogen-bond donors (Lipinski definition) is 1. The van der Waals surface area contributed by atoms with Crippen molar-refractivity contribution in [3.63, 3.8) is 0 Å². The van der Waals surface area contributed by atoms with Crippen molar-refractivity contribution in [1.82, 2.24) is 15.2 Å². The van der Waals surface area contributed by atoms with Gasteiger partial charge in [-0.2, -0.15) is 0 Å². The largest absolute Gasteiger partial charge is 0.310 e. The van der Waals surface area contributed by atoms with Crippen LogP contribution in [0.2, 0.25) is 0 Å². The number of nitrogens with one attached hydrogen (secondary N) is 1. The topological polar surface area (TPSA) is 28.2 Å². The lowest BCUT2D eigenvalue weighted by Crippen LogP contribution is -2.33. The SMILES string of the molecule is CCN(CCNCc1cscn1)C1CC1.Cl. The maximum Gasteiger partial charge on any atom is 0.0795 e. The summed E-state index contributed by atoms with van der Waals surface area (Å²) in [6.07, 6.45) is 2.81. The van der Waals surface area contributed by atoms with Crippen LogP contribution in [0.3, 0.4) is 0 Å². The second-order valence-electron chi connectivity index (χ2n) is 4.02. The Balaban J connectivity index is 0.00000128. The van der Waals surface area contributed by atoms with Crippen LogP contribution in [0.25, 0.3) is 0 Å². The van der Waals surface area contributed by atoms with E-state index in [1.54, 1.807) is 11.3 Å². The predicted molar refractivity (Wildman–Crippen MR) is 71.3 cm³/mol. The van der Waals surface area contributed by atoms with Gasteiger partial charge in [-0.1, -0.05) is 6.92 Å². The molecule has 3 nitrogen and oxygen atoms in total. The van der Waals surface area contributed by atoms with E-state index in [0.29, 0.717) is 0 Å². The lowest BCUT2D eigenvalue weighted by molar-refractivity contribution is 0.277. The highest BCUT2D eigenvalue weighted by molar-refractivity contribution is 7.07. The van der Waals surface area contributed by atoms with Crippen molar-refractivity contribution >= 4 is 23.7 Å². The van der Waals surface area contributed by atoms with E-state index < -0.39 is 0 Å². The first kappa shape index (κ1) is 13.9. The Kier molecular flexibility index (Phi) is 6.28. The van der Waals surface area contributed by atoms with Crippen LogP contribution in [0.1, 0.15) is 25.5 Å². The van der Waals surface area contributed by atoms with E-state index in [2.05, 4.69) is 27.5 Å². The fourth-order valence-corrected chi connectivity index (χ4v) is 2.36. The Morgan fingerprint density at radius 1 is 1.56 bits per heavy atom. The minimum atomic E-state index is 0. The van der Waals surface area contributed by atoms with E-state index in [0.717, 1.165) is 24.8 Å². The lowest BCUT2D eigenvalue weighted by atomic mass is 10.4. The molecule has 0 atom stereocenters. The maximum atomic E-state index is 4.24. The summed E-state index contributed by atoms with van der Waals surface area (Å²) in [4.78, 5) is 6.81. The van der Waals surface area contributed by atoms with Crippen LogP contribution in [-0.2, 0) is 6.54 Å². The van der Waals surface area contributed by atoms with Gasteiger partial charge in [-0.15, -0.1) is 23.7 Å². The van der Waals surface area contributed by atoms with Gasteiger partial charge in [-0.05, 0) is 19.4 Å². The molecule has 16 heavy (non-hydrogen) atoms. The zero-order chi connectivity index (χ0) is 10.5. The van der Waals surface area contributed by atoms with Crippen molar-refractivity contribution in [2.45, 2.75) is 32.4 Å². The normalized spacial score (nSPS) is 15.1. The van der Waals surface area contributed by atoms with Crippen LogP contribution in [0.4, 0.5) is 0 Å². The molecule has 1 N–H and O–H groups in total. The van der Waals surface area contributed by atoms with Crippen molar-refractivity contribution in [2.24, 2.45) is 0 Å². The Bertz CT molecular complexity index is 275. The molecular weight excluding hydrogens is 242 g/mol. The van der Waals surface area contributed by atoms with Gasteiger partial charge < -0.3 is 5.32 Å². The third-order valence-corrected chi connectivity index (χ3v) is 3.47. The van der Waals surface area contributed by atoms with Crippen LogP contribution < -0.4 is 5.32 Å². The molecule has 0 aromatic carbocycles. The average Bonchev–Trinajstić information content (AvgIpc) is 2.95. The van der Waals surface area contributed by atoms with Crippen molar-refractivity contribution in [1.29, 1.82) is 0 Å². The first-order chi connectivity index (χ1) is 7.40. The average molecular weight is 262 g/mol. The second kappa shape index (κ2) is 7.22. The molecule has 1 heterocycles. The smallest absolute Gasteiger partial charge is 0.0795 e. The standard InChI is InChI=1S/C11H19N3S.ClH/c1-2-14(11-3-4-11)6-5-12-7-10-8-15-9-13-10;/h8-9,11-12H,2-7H2,1H3;1H. The van der Waals surface area contributed by atoms with E-state index in [1.165, 1.54) is 25.9 Å². The fraction of sp³-hybridized carbons (Fsp3) is 0.727. The molecule has 0 bridgehead atoms. The molecule has 0 spiro atoms. The number of nitrogens with zero attached hydrogens (tertiary/aromatic N) is 2. The van der Waals surface area contributed by atoms with Crippen LogP contribution >= 0.6 is 23.7 Å². The molecule has 5 heteroatoms. The number of thiazole rings is 1. The minimum Gasteiger partial charge on any atom is -0.310 e. The minimum absolute atomic E-state index is 0. The highest BCUT2D eigenvalue weighted by Gasteiger charge is 2.26. The molecule has 1 aliphatic rings. The van der Waals surface area contributed by atoms with Crippen molar-refractivity contribution in [2.75, 3.05) is 19.6 Å². The van der Waals surface area contributed by atoms with Crippen LogP contribution in [-0.4, -0.2) is 35.6 Å². The fourth-order valence-electron chi connectivity index (χ4n) is 1.80. The van der Waals surface area contributed by atoms with E-state index in [1.807, 2.05) is 5.51 Å².